The predicted octanol–water partition coefficient (Wildman–Crippen LogP) is 1.81. The van der Waals surface area contributed by atoms with Crippen molar-refractivity contribution in [2.45, 2.75) is 46.2 Å². The minimum Gasteiger partial charge on any atom is -0.336 e. The predicted molar refractivity (Wildman–Crippen MR) is 104 cm³/mol. The fourth-order valence-corrected chi connectivity index (χ4v) is 6.30. The zero-order valence-corrected chi connectivity index (χ0v) is 17.1. The minimum absolute atomic E-state index is 0.0509. The second-order valence-electron chi connectivity index (χ2n) is 8.29. The summed E-state index contributed by atoms with van der Waals surface area (Å²) in [6.45, 7) is 10.6. The maximum atomic E-state index is 13.0. The summed E-state index contributed by atoms with van der Waals surface area (Å²) < 4.78 is 24.6. The number of rotatable bonds is 4. The van der Waals surface area contributed by atoms with Crippen LogP contribution >= 0.6 is 0 Å². The highest BCUT2D eigenvalue weighted by atomic mass is 32.2. The second kappa shape index (κ2) is 7.31. The van der Waals surface area contributed by atoms with Crippen LogP contribution in [0, 0.1) is 19.8 Å². The first-order chi connectivity index (χ1) is 12.2. The van der Waals surface area contributed by atoms with Gasteiger partial charge in [0.2, 0.25) is 5.91 Å². The lowest BCUT2D eigenvalue weighted by Gasteiger charge is -2.44. The Labute approximate surface area is 157 Å². The summed E-state index contributed by atoms with van der Waals surface area (Å²) in [5.41, 5.74) is 3.29. The van der Waals surface area contributed by atoms with Crippen molar-refractivity contribution in [2.24, 2.45) is 5.92 Å². The van der Waals surface area contributed by atoms with Crippen molar-refractivity contribution in [3.63, 3.8) is 0 Å². The van der Waals surface area contributed by atoms with Crippen LogP contribution < -0.4 is 0 Å². The van der Waals surface area contributed by atoms with Gasteiger partial charge in [0.1, 0.15) is 0 Å². The van der Waals surface area contributed by atoms with E-state index in [1.54, 1.807) is 0 Å². The van der Waals surface area contributed by atoms with Crippen LogP contribution in [0.15, 0.2) is 18.2 Å². The number of piperazine rings is 1. The Balaban J connectivity index is 1.79. The maximum Gasteiger partial charge on any atom is 0.227 e. The topological polar surface area (TPSA) is 57.7 Å². The molecule has 2 atom stereocenters. The molecule has 5 nitrogen and oxygen atoms in total. The number of carbonyl (C=O) groups excluding carboxylic acids is 1. The van der Waals surface area contributed by atoms with Gasteiger partial charge in [0.05, 0.1) is 24.0 Å². The molecule has 144 valence electrons. The summed E-state index contributed by atoms with van der Waals surface area (Å²) in [5, 5.41) is 0. The molecule has 1 aromatic rings. The van der Waals surface area contributed by atoms with Crippen LogP contribution in [0.5, 0.6) is 0 Å². The van der Waals surface area contributed by atoms with Crippen LogP contribution in [0.2, 0.25) is 0 Å². The van der Waals surface area contributed by atoms with E-state index in [2.05, 4.69) is 24.8 Å². The van der Waals surface area contributed by atoms with Crippen molar-refractivity contribution in [1.29, 1.82) is 0 Å². The third kappa shape index (κ3) is 4.12. The molecule has 1 amide bonds. The molecule has 0 unspecified atom stereocenters. The molecule has 2 aliphatic heterocycles. The lowest BCUT2D eigenvalue weighted by Crippen LogP contribution is -2.61. The van der Waals surface area contributed by atoms with Crippen molar-refractivity contribution in [3.05, 3.63) is 34.9 Å². The number of carbonyl (C=O) groups is 1. The number of sulfone groups is 1. The first-order valence-electron chi connectivity index (χ1n) is 9.46. The molecule has 1 aromatic carbocycles. The normalized spacial score (nSPS) is 25.5. The number of amides is 1. The van der Waals surface area contributed by atoms with Gasteiger partial charge in [-0.15, -0.1) is 0 Å². The fraction of sp³-hybridized carbons (Fsp3) is 0.650. The van der Waals surface area contributed by atoms with E-state index in [0.717, 1.165) is 29.8 Å². The lowest BCUT2D eigenvalue weighted by molar-refractivity contribution is -0.136. The molecule has 0 spiro atoms. The molecular formula is C20H30N2O3S. The molecule has 0 N–H and O–H groups in total. The summed E-state index contributed by atoms with van der Waals surface area (Å²) >= 11 is 0. The lowest BCUT2D eigenvalue weighted by atomic mass is 9.99. The molecule has 0 saturated carbocycles. The van der Waals surface area contributed by atoms with Gasteiger partial charge < -0.3 is 4.90 Å². The Morgan fingerprint density at radius 3 is 2.54 bits per heavy atom. The molecule has 3 rings (SSSR count). The van der Waals surface area contributed by atoms with E-state index in [9.17, 15) is 13.2 Å². The number of hydrogen-bond donors (Lipinski definition) is 0. The molecule has 6 heteroatoms. The molecule has 0 aromatic heterocycles. The number of fused-ring (bicyclic) bond motifs is 1. The molecule has 2 fully saturated rings. The molecule has 0 aliphatic carbocycles. The third-order valence-corrected chi connectivity index (χ3v) is 7.26. The van der Waals surface area contributed by atoms with E-state index in [-0.39, 0.29) is 29.5 Å². The van der Waals surface area contributed by atoms with Gasteiger partial charge in [-0.2, -0.15) is 0 Å². The van der Waals surface area contributed by atoms with Gasteiger partial charge in [0, 0.05) is 25.7 Å². The van der Waals surface area contributed by atoms with Gasteiger partial charge in [-0.05, 0) is 30.9 Å². The number of hydrogen-bond acceptors (Lipinski definition) is 4. The van der Waals surface area contributed by atoms with E-state index in [1.807, 2.05) is 30.9 Å². The van der Waals surface area contributed by atoms with Crippen LogP contribution in [-0.2, 0) is 21.1 Å². The van der Waals surface area contributed by atoms with Crippen LogP contribution in [0.4, 0.5) is 0 Å². The SMILES string of the molecule is Cc1ccc(C)c(CC(=O)N2CCN(CC(C)C)[C@H]3CS(=O)(=O)C[C@H]32)c1. The highest BCUT2D eigenvalue weighted by Crippen LogP contribution is 2.28. The first kappa shape index (κ1) is 19.4. The molecule has 2 saturated heterocycles. The Kier molecular flexibility index (Phi) is 5.45. The number of benzene rings is 1. The molecule has 2 aliphatic rings. The van der Waals surface area contributed by atoms with Crippen molar-refractivity contribution >= 4 is 15.7 Å². The summed E-state index contributed by atoms with van der Waals surface area (Å²) in [4.78, 5) is 17.1. The molecule has 2 heterocycles. The fourth-order valence-electron chi connectivity index (χ4n) is 4.29. The summed E-state index contributed by atoms with van der Waals surface area (Å²) in [6.07, 6.45) is 0.348. The largest absolute Gasteiger partial charge is 0.336 e. The van der Waals surface area contributed by atoms with E-state index in [4.69, 9.17) is 0 Å². The highest BCUT2D eigenvalue weighted by Gasteiger charge is 2.47. The van der Waals surface area contributed by atoms with E-state index < -0.39 is 9.84 Å². The molecular weight excluding hydrogens is 348 g/mol. The van der Waals surface area contributed by atoms with Crippen molar-refractivity contribution < 1.29 is 13.2 Å². The van der Waals surface area contributed by atoms with Gasteiger partial charge in [-0.3, -0.25) is 9.69 Å². The van der Waals surface area contributed by atoms with E-state index in [0.29, 0.717) is 18.9 Å². The van der Waals surface area contributed by atoms with Gasteiger partial charge in [-0.25, -0.2) is 8.42 Å². The number of nitrogens with zero attached hydrogens (tertiary/aromatic N) is 2. The Morgan fingerprint density at radius 1 is 1.15 bits per heavy atom. The minimum atomic E-state index is -3.09. The van der Waals surface area contributed by atoms with E-state index in [1.165, 1.54) is 0 Å². The van der Waals surface area contributed by atoms with Gasteiger partial charge in [0.25, 0.3) is 0 Å². The highest BCUT2D eigenvalue weighted by molar-refractivity contribution is 7.91. The van der Waals surface area contributed by atoms with E-state index >= 15 is 0 Å². The molecule has 0 radical (unpaired) electrons. The van der Waals surface area contributed by atoms with Crippen molar-refractivity contribution in [1.82, 2.24) is 9.80 Å². The standard InChI is InChI=1S/C20H30N2O3S/c1-14(2)11-21-7-8-22(19-13-26(24,25)12-18(19)21)20(23)10-17-9-15(3)5-6-16(17)4/h5-6,9,14,18-19H,7-8,10-13H2,1-4H3/t18-,19+/m0/s1. The van der Waals surface area contributed by atoms with Crippen molar-refractivity contribution in [3.8, 4) is 0 Å². The average molecular weight is 379 g/mol. The van der Waals surface area contributed by atoms with Crippen LogP contribution in [-0.4, -0.2) is 67.3 Å². The Hall–Kier alpha value is -1.40. The second-order valence-corrected chi connectivity index (χ2v) is 10.4. The monoisotopic (exact) mass is 378 g/mol. The average Bonchev–Trinajstić information content (AvgIpc) is 2.86. The number of aryl methyl sites for hydroxylation is 2. The smallest absolute Gasteiger partial charge is 0.227 e. The molecule has 0 bridgehead atoms. The van der Waals surface area contributed by atoms with Gasteiger partial charge in [-0.1, -0.05) is 37.6 Å². The zero-order chi connectivity index (χ0) is 19.1. The van der Waals surface area contributed by atoms with Crippen LogP contribution in [0.1, 0.15) is 30.5 Å². The quantitative estimate of drug-likeness (QED) is 0.802. The Bertz CT molecular complexity index is 788. The zero-order valence-electron chi connectivity index (χ0n) is 16.2. The third-order valence-electron chi connectivity index (χ3n) is 5.56. The summed E-state index contributed by atoms with van der Waals surface area (Å²) in [6, 6.07) is 5.89. The van der Waals surface area contributed by atoms with Crippen molar-refractivity contribution in [2.75, 3.05) is 31.1 Å². The van der Waals surface area contributed by atoms with Crippen LogP contribution in [0.3, 0.4) is 0 Å². The van der Waals surface area contributed by atoms with Gasteiger partial charge >= 0.3 is 0 Å². The first-order valence-corrected chi connectivity index (χ1v) is 11.3. The van der Waals surface area contributed by atoms with Crippen LogP contribution in [0.25, 0.3) is 0 Å². The Morgan fingerprint density at radius 2 is 1.85 bits per heavy atom. The molecule has 26 heavy (non-hydrogen) atoms. The van der Waals surface area contributed by atoms with Gasteiger partial charge in [0.15, 0.2) is 9.84 Å². The summed E-state index contributed by atoms with van der Waals surface area (Å²) in [5.74, 6) is 0.814. The maximum absolute atomic E-state index is 13.0. The summed E-state index contributed by atoms with van der Waals surface area (Å²) in [7, 11) is -3.09.